The molecule has 1 unspecified atom stereocenters. The predicted octanol–water partition coefficient (Wildman–Crippen LogP) is 4.79. The predicted molar refractivity (Wildman–Crippen MR) is 88.4 cm³/mol. The molecule has 1 aromatic heterocycles. The monoisotopic (exact) mass is 281 g/mol. The average Bonchev–Trinajstić information content (AvgIpc) is 2.98. The Morgan fingerprint density at radius 3 is 2.65 bits per heavy atom. The van der Waals surface area contributed by atoms with Crippen LogP contribution in [0.25, 0.3) is 10.1 Å². The van der Waals surface area contributed by atoms with E-state index in [1.54, 1.807) is 0 Å². The highest BCUT2D eigenvalue weighted by Crippen LogP contribution is 2.30. The van der Waals surface area contributed by atoms with Crippen molar-refractivity contribution >= 4 is 21.4 Å². The van der Waals surface area contributed by atoms with E-state index in [1.807, 2.05) is 11.3 Å². The summed E-state index contributed by atoms with van der Waals surface area (Å²) in [6.45, 7) is 0. The molecule has 0 fully saturated rings. The first-order valence-corrected chi connectivity index (χ1v) is 7.94. The van der Waals surface area contributed by atoms with Gasteiger partial charge in [-0.3, -0.25) is 0 Å². The summed E-state index contributed by atoms with van der Waals surface area (Å²) in [6.07, 6.45) is 2.23. The van der Waals surface area contributed by atoms with Crippen LogP contribution in [-0.2, 0) is 6.42 Å². The minimum Gasteiger partial charge on any atom is -0.313 e. The molecule has 1 heterocycles. The van der Waals surface area contributed by atoms with Gasteiger partial charge >= 0.3 is 0 Å². The molecule has 20 heavy (non-hydrogen) atoms. The van der Waals surface area contributed by atoms with Crippen molar-refractivity contribution in [1.29, 1.82) is 0 Å². The van der Waals surface area contributed by atoms with Gasteiger partial charge in [-0.25, -0.2) is 0 Å². The van der Waals surface area contributed by atoms with Gasteiger partial charge in [-0.15, -0.1) is 11.3 Å². The Balaban J connectivity index is 1.81. The van der Waals surface area contributed by atoms with E-state index in [2.05, 4.69) is 72.3 Å². The second-order valence-corrected chi connectivity index (χ2v) is 5.97. The van der Waals surface area contributed by atoms with Crippen molar-refractivity contribution in [2.24, 2.45) is 0 Å². The molecule has 102 valence electrons. The molecule has 0 aliphatic heterocycles. The van der Waals surface area contributed by atoms with Crippen molar-refractivity contribution in [2.75, 3.05) is 7.05 Å². The Morgan fingerprint density at radius 1 is 1.00 bits per heavy atom. The molecule has 0 radical (unpaired) electrons. The molecule has 1 atom stereocenters. The Bertz CT molecular complexity index is 672. The molecule has 2 aromatic carbocycles. The van der Waals surface area contributed by atoms with Crippen LogP contribution in [0.5, 0.6) is 0 Å². The molecule has 0 aliphatic carbocycles. The third-order valence-corrected chi connectivity index (χ3v) is 4.78. The summed E-state index contributed by atoms with van der Waals surface area (Å²) in [7, 11) is 2.06. The number of thiophene rings is 1. The molecule has 0 saturated carbocycles. The molecule has 2 heteroatoms. The van der Waals surface area contributed by atoms with E-state index in [-0.39, 0.29) is 0 Å². The highest BCUT2D eigenvalue weighted by Gasteiger charge is 2.13. The number of fused-ring (bicyclic) bond motifs is 1. The standard InChI is InChI=1S/C18H19NS/c1-19-17(11-10-14-6-3-2-4-7-14)16-9-5-8-15-12-13-20-18(15)16/h2-9,12-13,17,19H,10-11H2,1H3. The molecule has 0 spiro atoms. The number of nitrogens with one attached hydrogen (secondary N) is 1. The topological polar surface area (TPSA) is 12.0 Å². The molecule has 0 amide bonds. The van der Waals surface area contributed by atoms with Gasteiger partial charge in [0.2, 0.25) is 0 Å². The van der Waals surface area contributed by atoms with Gasteiger partial charge in [0.05, 0.1) is 0 Å². The number of rotatable bonds is 5. The first-order valence-electron chi connectivity index (χ1n) is 7.06. The molecule has 0 saturated heterocycles. The number of hydrogen-bond acceptors (Lipinski definition) is 2. The molecule has 3 aromatic rings. The summed E-state index contributed by atoms with van der Waals surface area (Å²) in [5.74, 6) is 0. The first kappa shape index (κ1) is 13.3. The van der Waals surface area contributed by atoms with E-state index in [0.717, 1.165) is 12.8 Å². The van der Waals surface area contributed by atoms with Gasteiger partial charge in [0, 0.05) is 10.7 Å². The lowest BCUT2D eigenvalue weighted by Gasteiger charge is -2.17. The van der Waals surface area contributed by atoms with Crippen LogP contribution in [0.2, 0.25) is 0 Å². The molecule has 3 rings (SSSR count). The van der Waals surface area contributed by atoms with Gasteiger partial charge in [0.25, 0.3) is 0 Å². The van der Waals surface area contributed by atoms with Crippen LogP contribution in [0.15, 0.2) is 60.0 Å². The van der Waals surface area contributed by atoms with E-state index in [0.29, 0.717) is 6.04 Å². The van der Waals surface area contributed by atoms with Gasteiger partial charge in [0.1, 0.15) is 0 Å². The zero-order chi connectivity index (χ0) is 13.8. The fourth-order valence-electron chi connectivity index (χ4n) is 2.70. The number of hydrogen-bond donors (Lipinski definition) is 1. The van der Waals surface area contributed by atoms with Gasteiger partial charge < -0.3 is 5.32 Å². The maximum absolute atomic E-state index is 3.48. The largest absolute Gasteiger partial charge is 0.313 e. The summed E-state index contributed by atoms with van der Waals surface area (Å²) in [5, 5.41) is 7.01. The van der Waals surface area contributed by atoms with Crippen LogP contribution < -0.4 is 5.32 Å². The van der Waals surface area contributed by atoms with E-state index in [1.165, 1.54) is 21.2 Å². The molecule has 1 nitrogen and oxygen atoms in total. The van der Waals surface area contributed by atoms with Crippen molar-refractivity contribution in [2.45, 2.75) is 18.9 Å². The van der Waals surface area contributed by atoms with Crippen molar-refractivity contribution in [3.8, 4) is 0 Å². The van der Waals surface area contributed by atoms with Gasteiger partial charge in [0.15, 0.2) is 0 Å². The lowest BCUT2D eigenvalue weighted by molar-refractivity contribution is 0.553. The van der Waals surface area contributed by atoms with Crippen LogP contribution in [0.3, 0.4) is 0 Å². The van der Waals surface area contributed by atoms with Crippen molar-refractivity contribution < 1.29 is 0 Å². The van der Waals surface area contributed by atoms with E-state index >= 15 is 0 Å². The summed E-state index contributed by atoms with van der Waals surface area (Å²) in [5.41, 5.74) is 2.84. The molecule has 0 aliphatic rings. The van der Waals surface area contributed by atoms with Gasteiger partial charge in [-0.05, 0) is 47.8 Å². The van der Waals surface area contributed by atoms with E-state index in [9.17, 15) is 0 Å². The van der Waals surface area contributed by atoms with Crippen LogP contribution in [0.4, 0.5) is 0 Å². The number of aryl methyl sites for hydroxylation is 1. The average molecular weight is 281 g/mol. The Labute approximate surface area is 124 Å². The quantitative estimate of drug-likeness (QED) is 0.708. The van der Waals surface area contributed by atoms with Crippen LogP contribution >= 0.6 is 11.3 Å². The second kappa shape index (κ2) is 6.21. The maximum Gasteiger partial charge on any atom is 0.0390 e. The fraction of sp³-hybridized carbons (Fsp3) is 0.222. The van der Waals surface area contributed by atoms with Gasteiger partial charge in [-0.2, -0.15) is 0 Å². The first-order chi connectivity index (χ1) is 9.88. The fourth-order valence-corrected chi connectivity index (χ4v) is 3.67. The third-order valence-electron chi connectivity index (χ3n) is 3.80. The van der Waals surface area contributed by atoms with Crippen molar-refractivity contribution in [3.63, 3.8) is 0 Å². The maximum atomic E-state index is 3.48. The third kappa shape index (κ3) is 2.77. The van der Waals surface area contributed by atoms with Gasteiger partial charge in [-0.1, -0.05) is 48.5 Å². The van der Waals surface area contributed by atoms with Crippen LogP contribution in [0, 0.1) is 0 Å². The second-order valence-electron chi connectivity index (χ2n) is 5.05. The Hall–Kier alpha value is -1.64. The summed E-state index contributed by atoms with van der Waals surface area (Å²) in [6, 6.07) is 19.9. The zero-order valence-corrected chi connectivity index (χ0v) is 12.5. The summed E-state index contributed by atoms with van der Waals surface area (Å²) in [4.78, 5) is 0. The molecular formula is C18H19NS. The summed E-state index contributed by atoms with van der Waals surface area (Å²) < 4.78 is 1.42. The Morgan fingerprint density at radius 2 is 1.85 bits per heavy atom. The lowest BCUT2D eigenvalue weighted by atomic mass is 9.98. The normalized spacial score (nSPS) is 12.7. The zero-order valence-electron chi connectivity index (χ0n) is 11.7. The SMILES string of the molecule is CNC(CCc1ccccc1)c1cccc2ccsc12. The summed E-state index contributed by atoms with van der Waals surface area (Å²) >= 11 is 1.84. The molecular weight excluding hydrogens is 262 g/mol. The van der Waals surface area contributed by atoms with Crippen LogP contribution in [-0.4, -0.2) is 7.05 Å². The van der Waals surface area contributed by atoms with E-state index in [4.69, 9.17) is 0 Å². The highest BCUT2D eigenvalue weighted by molar-refractivity contribution is 7.17. The van der Waals surface area contributed by atoms with Crippen molar-refractivity contribution in [1.82, 2.24) is 5.32 Å². The molecule has 1 N–H and O–H groups in total. The minimum atomic E-state index is 0.414. The minimum absolute atomic E-state index is 0.414. The number of benzene rings is 2. The lowest BCUT2D eigenvalue weighted by Crippen LogP contribution is -2.17. The molecule has 0 bridgehead atoms. The smallest absolute Gasteiger partial charge is 0.0390 e. The van der Waals surface area contributed by atoms with Crippen molar-refractivity contribution in [3.05, 3.63) is 71.1 Å². The Kier molecular flexibility index (Phi) is 4.14. The van der Waals surface area contributed by atoms with E-state index < -0.39 is 0 Å². The highest BCUT2D eigenvalue weighted by atomic mass is 32.1. The van der Waals surface area contributed by atoms with Crippen LogP contribution in [0.1, 0.15) is 23.6 Å².